The van der Waals surface area contributed by atoms with E-state index in [4.69, 9.17) is 10.3 Å². The summed E-state index contributed by atoms with van der Waals surface area (Å²) in [5, 5.41) is 0. The van der Waals surface area contributed by atoms with Gasteiger partial charge < -0.3 is 5.73 Å². The first-order valence-electron chi connectivity index (χ1n) is 2.74. The summed E-state index contributed by atoms with van der Waals surface area (Å²) in [4.78, 5) is 0. The molecule has 0 bridgehead atoms. The van der Waals surface area contributed by atoms with E-state index in [2.05, 4.69) is 0 Å². The standard InChI is InChI=1S/C4H11NO2PS/c1-2-7-8(6)9-4-3-5/h2-5H2,1H3/q+1. The van der Waals surface area contributed by atoms with E-state index in [1.165, 1.54) is 11.4 Å². The molecule has 0 saturated heterocycles. The van der Waals surface area contributed by atoms with E-state index < -0.39 is 7.23 Å². The van der Waals surface area contributed by atoms with E-state index in [0.717, 1.165) is 0 Å². The van der Waals surface area contributed by atoms with Gasteiger partial charge in [-0.15, -0.1) is 4.52 Å². The molecule has 0 aromatic rings. The van der Waals surface area contributed by atoms with Crippen LogP contribution < -0.4 is 5.73 Å². The highest BCUT2D eigenvalue weighted by Crippen LogP contribution is 2.37. The van der Waals surface area contributed by atoms with Crippen LogP contribution in [-0.2, 0) is 9.09 Å². The molecule has 0 heterocycles. The second kappa shape index (κ2) is 6.49. The lowest BCUT2D eigenvalue weighted by molar-refractivity contribution is 0.361. The summed E-state index contributed by atoms with van der Waals surface area (Å²) in [6.07, 6.45) is 0. The maximum Gasteiger partial charge on any atom is 0.585 e. The maximum atomic E-state index is 10.6. The summed E-state index contributed by atoms with van der Waals surface area (Å²) in [6.45, 7) is 2.88. The summed E-state index contributed by atoms with van der Waals surface area (Å²) in [7, 11) is -1.50. The largest absolute Gasteiger partial charge is 0.585 e. The van der Waals surface area contributed by atoms with Gasteiger partial charge >= 0.3 is 7.23 Å². The minimum atomic E-state index is -1.50. The average molecular weight is 168 g/mol. The fraction of sp³-hybridized carbons (Fsp3) is 1.00. The SMILES string of the molecule is CCO[P+](=O)SCCN. The predicted octanol–water partition coefficient (Wildman–Crippen LogP) is 1.37. The van der Waals surface area contributed by atoms with Crippen LogP contribution in [0.15, 0.2) is 0 Å². The minimum Gasteiger partial charge on any atom is -0.329 e. The van der Waals surface area contributed by atoms with Gasteiger partial charge in [0.1, 0.15) is 6.61 Å². The van der Waals surface area contributed by atoms with Gasteiger partial charge in [0.25, 0.3) is 0 Å². The molecule has 0 aliphatic carbocycles. The molecule has 0 amide bonds. The third kappa shape index (κ3) is 6.25. The Bertz CT molecular complexity index is 90.6. The first-order chi connectivity index (χ1) is 4.31. The highest BCUT2D eigenvalue weighted by Gasteiger charge is 2.16. The molecule has 3 nitrogen and oxygen atoms in total. The van der Waals surface area contributed by atoms with Gasteiger partial charge in [-0.3, -0.25) is 0 Å². The number of hydrogen-bond donors (Lipinski definition) is 1. The van der Waals surface area contributed by atoms with Crippen molar-refractivity contribution in [3.8, 4) is 0 Å². The molecular weight excluding hydrogens is 157 g/mol. The second-order valence-electron chi connectivity index (χ2n) is 1.26. The molecular formula is C4H11NO2PS+. The van der Waals surface area contributed by atoms with Crippen LogP contribution >= 0.6 is 18.6 Å². The summed E-state index contributed by atoms with van der Waals surface area (Å²) in [6, 6.07) is 0. The van der Waals surface area contributed by atoms with Crippen LogP contribution in [0.4, 0.5) is 0 Å². The summed E-state index contributed by atoms with van der Waals surface area (Å²) < 4.78 is 15.4. The van der Waals surface area contributed by atoms with Gasteiger partial charge in [0.05, 0.1) is 5.75 Å². The quantitative estimate of drug-likeness (QED) is 0.630. The molecule has 9 heavy (non-hydrogen) atoms. The van der Waals surface area contributed by atoms with Crippen LogP contribution in [0.5, 0.6) is 0 Å². The van der Waals surface area contributed by atoms with Crippen molar-refractivity contribution in [3.63, 3.8) is 0 Å². The van der Waals surface area contributed by atoms with Crippen molar-refractivity contribution in [1.29, 1.82) is 0 Å². The first-order valence-corrected chi connectivity index (χ1v) is 5.51. The molecule has 0 aliphatic heterocycles. The van der Waals surface area contributed by atoms with Crippen molar-refractivity contribution in [2.45, 2.75) is 6.92 Å². The fourth-order valence-electron chi connectivity index (χ4n) is 0.270. The van der Waals surface area contributed by atoms with Crippen molar-refractivity contribution in [2.75, 3.05) is 18.9 Å². The zero-order chi connectivity index (χ0) is 7.11. The van der Waals surface area contributed by atoms with E-state index in [0.29, 0.717) is 18.9 Å². The van der Waals surface area contributed by atoms with Gasteiger partial charge in [0.2, 0.25) is 0 Å². The Morgan fingerprint density at radius 3 is 2.89 bits per heavy atom. The molecule has 5 heteroatoms. The van der Waals surface area contributed by atoms with E-state index in [-0.39, 0.29) is 0 Å². The monoisotopic (exact) mass is 168 g/mol. The van der Waals surface area contributed by atoms with Crippen LogP contribution in [0.1, 0.15) is 6.92 Å². The molecule has 0 spiro atoms. The van der Waals surface area contributed by atoms with Crippen LogP contribution in [0.3, 0.4) is 0 Å². The molecule has 0 aromatic heterocycles. The van der Waals surface area contributed by atoms with Crippen LogP contribution in [0.25, 0.3) is 0 Å². The Morgan fingerprint density at radius 2 is 2.44 bits per heavy atom. The third-order valence-electron chi connectivity index (χ3n) is 0.549. The van der Waals surface area contributed by atoms with Crippen molar-refractivity contribution in [3.05, 3.63) is 0 Å². The lowest BCUT2D eigenvalue weighted by Crippen LogP contribution is -1.99. The molecule has 0 fully saturated rings. The topological polar surface area (TPSA) is 52.3 Å². The number of hydrogen-bond acceptors (Lipinski definition) is 4. The van der Waals surface area contributed by atoms with E-state index in [1.54, 1.807) is 0 Å². The maximum absolute atomic E-state index is 10.6. The Kier molecular flexibility index (Phi) is 6.76. The highest BCUT2D eigenvalue weighted by atomic mass is 32.7. The van der Waals surface area contributed by atoms with Crippen LogP contribution in [-0.4, -0.2) is 18.9 Å². The normalized spacial score (nSPS) is 11.6. The summed E-state index contributed by atoms with van der Waals surface area (Å²) in [5.74, 6) is 0.704. The Morgan fingerprint density at radius 1 is 1.78 bits per heavy atom. The van der Waals surface area contributed by atoms with Crippen LogP contribution in [0.2, 0.25) is 0 Å². The van der Waals surface area contributed by atoms with Crippen molar-refractivity contribution >= 4 is 18.6 Å². The zero-order valence-electron chi connectivity index (χ0n) is 5.37. The van der Waals surface area contributed by atoms with Gasteiger partial charge in [-0.2, -0.15) is 0 Å². The molecule has 0 saturated carbocycles. The van der Waals surface area contributed by atoms with Crippen molar-refractivity contribution < 1.29 is 9.09 Å². The molecule has 1 unspecified atom stereocenters. The molecule has 0 aromatic carbocycles. The number of nitrogens with two attached hydrogens (primary N) is 1. The minimum absolute atomic E-state index is 0.507. The van der Waals surface area contributed by atoms with E-state index in [9.17, 15) is 4.57 Å². The van der Waals surface area contributed by atoms with Gasteiger partial charge in [-0.25, -0.2) is 0 Å². The van der Waals surface area contributed by atoms with E-state index >= 15 is 0 Å². The molecule has 0 radical (unpaired) electrons. The highest BCUT2D eigenvalue weighted by molar-refractivity contribution is 8.50. The lowest BCUT2D eigenvalue weighted by atomic mass is 10.8. The first kappa shape index (κ1) is 9.37. The number of rotatable bonds is 5. The summed E-state index contributed by atoms with van der Waals surface area (Å²) in [5.41, 5.74) is 5.17. The molecule has 0 aliphatic rings. The summed E-state index contributed by atoms with van der Waals surface area (Å²) >= 11 is 1.26. The third-order valence-corrected chi connectivity index (χ3v) is 3.14. The van der Waals surface area contributed by atoms with Gasteiger partial charge in [-0.05, 0) is 11.5 Å². The van der Waals surface area contributed by atoms with Crippen molar-refractivity contribution in [1.82, 2.24) is 0 Å². The van der Waals surface area contributed by atoms with Crippen molar-refractivity contribution in [2.24, 2.45) is 5.73 Å². The molecule has 54 valence electrons. The van der Waals surface area contributed by atoms with Gasteiger partial charge in [-0.1, -0.05) is 0 Å². The predicted molar refractivity (Wildman–Crippen MR) is 40.7 cm³/mol. The molecule has 1 atom stereocenters. The smallest absolute Gasteiger partial charge is 0.329 e. The lowest BCUT2D eigenvalue weighted by Gasteiger charge is -1.81. The molecule has 0 rings (SSSR count). The fourth-order valence-corrected chi connectivity index (χ4v) is 2.11. The van der Waals surface area contributed by atoms with Gasteiger partial charge in [0.15, 0.2) is 11.4 Å². The van der Waals surface area contributed by atoms with E-state index in [1.807, 2.05) is 6.92 Å². The Hall–Kier alpha value is 0.370. The molecule has 2 N–H and O–H groups in total. The Labute approximate surface area is 60.0 Å². The van der Waals surface area contributed by atoms with Gasteiger partial charge in [0, 0.05) is 6.54 Å². The average Bonchev–Trinajstić information content (AvgIpc) is 1.85. The van der Waals surface area contributed by atoms with Crippen LogP contribution in [0, 0.1) is 0 Å². The second-order valence-corrected chi connectivity index (χ2v) is 4.30. The Balaban J connectivity index is 3.06. The zero-order valence-corrected chi connectivity index (χ0v) is 7.08.